The largest absolute Gasteiger partial charge is 0.337 e. The fourth-order valence-electron chi connectivity index (χ4n) is 2.89. The first kappa shape index (κ1) is 16.9. The van der Waals surface area contributed by atoms with E-state index >= 15 is 0 Å². The van der Waals surface area contributed by atoms with Gasteiger partial charge in [-0.15, -0.1) is 0 Å². The molecule has 0 spiro atoms. The second kappa shape index (κ2) is 6.89. The van der Waals surface area contributed by atoms with Gasteiger partial charge in [0.1, 0.15) is 5.82 Å². The topological polar surface area (TPSA) is 51.0 Å². The summed E-state index contributed by atoms with van der Waals surface area (Å²) in [5, 5.41) is 0. The Morgan fingerprint density at radius 3 is 2.48 bits per heavy atom. The number of carbonyl (C=O) groups excluding carboxylic acids is 1. The van der Waals surface area contributed by atoms with Crippen molar-refractivity contribution in [3.05, 3.63) is 71.6 Å². The molecule has 128 valence electrons. The highest BCUT2D eigenvalue weighted by Gasteiger charge is 2.14. The lowest BCUT2D eigenvalue weighted by atomic mass is 10.0. The van der Waals surface area contributed by atoms with Crippen molar-refractivity contribution in [3.63, 3.8) is 0 Å². The van der Waals surface area contributed by atoms with E-state index in [1.807, 2.05) is 68.1 Å². The maximum absolute atomic E-state index is 12.8. The summed E-state index contributed by atoms with van der Waals surface area (Å²) in [5.41, 5.74) is 4.70. The van der Waals surface area contributed by atoms with Crippen molar-refractivity contribution in [3.8, 4) is 11.1 Å². The van der Waals surface area contributed by atoms with E-state index in [2.05, 4.69) is 9.97 Å². The quantitative estimate of drug-likeness (QED) is 0.735. The Morgan fingerprint density at radius 1 is 1.12 bits per heavy atom. The van der Waals surface area contributed by atoms with Crippen molar-refractivity contribution in [2.24, 2.45) is 7.05 Å². The monoisotopic (exact) mass is 334 g/mol. The SMILES string of the molecule is Cc1cc(-c2cccc(C(=O)N(C)Cc3nccn3C)c2)cc(C)n1. The third kappa shape index (κ3) is 3.76. The van der Waals surface area contributed by atoms with Crippen molar-refractivity contribution >= 4 is 5.91 Å². The molecule has 5 nitrogen and oxygen atoms in total. The molecule has 0 radical (unpaired) electrons. The average molecular weight is 334 g/mol. The first-order valence-corrected chi connectivity index (χ1v) is 8.21. The minimum absolute atomic E-state index is 0.0210. The van der Waals surface area contributed by atoms with Crippen LogP contribution in [0.25, 0.3) is 11.1 Å². The molecule has 0 atom stereocenters. The number of hydrogen-bond donors (Lipinski definition) is 0. The van der Waals surface area contributed by atoms with Crippen LogP contribution in [0.3, 0.4) is 0 Å². The third-order valence-corrected chi connectivity index (χ3v) is 4.17. The lowest BCUT2D eigenvalue weighted by Gasteiger charge is -2.17. The highest BCUT2D eigenvalue weighted by molar-refractivity contribution is 5.95. The van der Waals surface area contributed by atoms with Gasteiger partial charge in [-0.3, -0.25) is 9.78 Å². The number of nitrogens with zero attached hydrogens (tertiary/aromatic N) is 4. The first-order chi connectivity index (χ1) is 11.9. The lowest BCUT2D eigenvalue weighted by Crippen LogP contribution is -2.27. The molecular weight excluding hydrogens is 312 g/mol. The van der Waals surface area contributed by atoms with E-state index in [4.69, 9.17) is 0 Å². The van der Waals surface area contributed by atoms with Gasteiger partial charge in [0.25, 0.3) is 5.91 Å². The summed E-state index contributed by atoms with van der Waals surface area (Å²) in [6.45, 7) is 4.43. The van der Waals surface area contributed by atoms with Gasteiger partial charge in [0.15, 0.2) is 0 Å². The van der Waals surface area contributed by atoms with Crippen LogP contribution in [0.4, 0.5) is 0 Å². The van der Waals surface area contributed by atoms with Crippen LogP contribution >= 0.6 is 0 Å². The molecule has 0 N–H and O–H groups in total. The normalized spacial score (nSPS) is 10.7. The molecule has 0 aliphatic carbocycles. The second-order valence-electron chi connectivity index (χ2n) is 6.33. The number of pyridine rings is 1. The van der Waals surface area contributed by atoms with Gasteiger partial charge in [-0.25, -0.2) is 4.98 Å². The van der Waals surface area contributed by atoms with Gasteiger partial charge < -0.3 is 9.47 Å². The molecule has 2 heterocycles. The van der Waals surface area contributed by atoms with Crippen molar-refractivity contribution in [1.82, 2.24) is 19.4 Å². The molecule has 3 aromatic rings. The maximum atomic E-state index is 12.8. The van der Waals surface area contributed by atoms with Crippen LogP contribution in [0.2, 0.25) is 0 Å². The summed E-state index contributed by atoms with van der Waals surface area (Å²) in [6, 6.07) is 11.8. The van der Waals surface area contributed by atoms with Crippen LogP contribution in [0.15, 0.2) is 48.8 Å². The highest BCUT2D eigenvalue weighted by Crippen LogP contribution is 2.22. The van der Waals surface area contributed by atoms with E-state index < -0.39 is 0 Å². The number of hydrogen-bond acceptors (Lipinski definition) is 3. The van der Waals surface area contributed by atoms with Gasteiger partial charge in [-0.05, 0) is 49.2 Å². The number of aromatic nitrogens is 3. The van der Waals surface area contributed by atoms with Crippen molar-refractivity contribution in [2.45, 2.75) is 20.4 Å². The maximum Gasteiger partial charge on any atom is 0.254 e. The molecule has 3 rings (SSSR count). The molecule has 0 aliphatic rings. The van der Waals surface area contributed by atoms with Gasteiger partial charge in [-0.1, -0.05) is 12.1 Å². The van der Waals surface area contributed by atoms with E-state index in [1.54, 1.807) is 18.1 Å². The molecule has 1 amide bonds. The first-order valence-electron chi connectivity index (χ1n) is 8.21. The minimum atomic E-state index is -0.0210. The molecule has 0 aliphatic heterocycles. The van der Waals surface area contributed by atoms with Crippen LogP contribution in [-0.4, -0.2) is 32.4 Å². The zero-order valence-corrected chi connectivity index (χ0v) is 15.0. The predicted octanol–water partition coefficient (Wildman–Crippen LogP) is 3.37. The van der Waals surface area contributed by atoms with Crippen LogP contribution < -0.4 is 0 Å². The number of benzene rings is 1. The molecule has 0 fully saturated rings. The van der Waals surface area contributed by atoms with E-state index in [-0.39, 0.29) is 5.91 Å². The van der Waals surface area contributed by atoms with Gasteiger partial charge in [-0.2, -0.15) is 0 Å². The van der Waals surface area contributed by atoms with Gasteiger partial charge in [0.2, 0.25) is 0 Å². The number of carbonyl (C=O) groups is 1. The van der Waals surface area contributed by atoms with Crippen molar-refractivity contribution in [1.29, 1.82) is 0 Å². The number of aryl methyl sites for hydroxylation is 3. The van der Waals surface area contributed by atoms with Crippen LogP contribution in [0, 0.1) is 13.8 Å². The molecule has 0 saturated carbocycles. The zero-order chi connectivity index (χ0) is 18.0. The molecule has 25 heavy (non-hydrogen) atoms. The van der Waals surface area contributed by atoms with Gasteiger partial charge in [0, 0.05) is 43.4 Å². The minimum Gasteiger partial charge on any atom is -0.337 e. The summed E-state index contributed by atoms with van der Waals surface area (Å²) >= 11 is 0. The molecule has 2 aromatic heterocycles. The Bertz CT molecular complexity index is 893. The summed E-state index contributed by atoms with van der Waals surface area (Å²) in [6.07, 6.45) is 3.62. The Balaban J connectivity index is 1.85. The van der Waals surface area contributed by atoms with Crippen LogP contribution in [-0.2, 0) is 13.6 Å². The van der Waals surface area contributed by atoms with Gasteiger partial charge >= 0.3 is 0 Å². The summed E-state index contributed by atoms with van der Waals surface area (Å²) < 4.78 is 1.92. The molecule has 0 saturated heterocycles. The highest BCUT2D eigenvalue weighted by atomic mass is 16.2. The number of imidazole rings is 1. The lowest BCUT2D eigenvalue weighted by molar-refractivity contribution is 0.0780. The van der Waals surface area contributed by atoms with E-state index in [0.29, 0.717) is 12.1 Å². The van der Waals surface area contributed by atoms with Crippen LogP contribution in [0.1, 0.15) is 27.6 Å². The Labute approximate surface area is 148 Å². The van der Waals surface area contributed by atoms with Crippen LogP contribution in [0.5, 0.6) is 0 Å². The summed E-state index contributed by atoms with van der Waals surface area (Å²) in [7, 11) is 3.72. The average Bonchev–Trinajstić information content (AvgIpc) is 2.98. The second-order valence-corrected chi connectivity index (χ2v) is 6.33. The van der Waals surface area contributed by atoms with E-state index in [9.17, 15) is 4.79 Å². The fraction of sp³-hybridized carbons (Fsp3) is 0.250. The Morgan fingerprint density at radius 2 is 1.84 bits per heavy atom. The van der Waals surface area contributed by atoms with E-state index in [0.717, 1.165) is 28.3 Å². The summed E-state index contributed by atoms with van der Waals surface area (Å²) in [4.78, 5) is 23.2. The van der Waals surface area contributed by atoms with Crippen molar-refractivity contribution < 1.29 is 4.79 Å². The fourth-order valence-corrected chi connectivity index (χ4v) is 2.89. The Kier molecular flexibility index (Phi) is 4.65. The van der Waals surface area contributed by atoms with Crippen molar-refractivity contribution in [2.75, 3.05) is 7.05 Å². The Hall–Kier alpha value is -2.95. The third-order valence-electron chi connectivity index (χ3n) is 4.17. The molecule has 5 heteroatoms. The predicted molar refractivity (Wildman–Crippen MR) is 98.2 cm³/mol. The standard InChI is InChI=1S/C20H22N4O/c1-14-10-18(11-15(2)22-14)16-6-5-7-17(12-16)20(25)24(4)13-19-21-8-9-23(19)3/h5-12H,13H2,1-4H3. The zero-order valence-electron chi connectivity index (χ0n) is 15.0. The molecule has 1 aromatic carbocycles. The number of amides is 1. The van der Waals surface area contributed by atoms with E-state index in [1.165, 1.54) is 0 Å². The molecule has 0 unspecified atom stereocenters. The molecular formula is C20H22N4O. The van der Waals surface area contributed by atoms with Gasteiger partial charge in [0.05, 0.1) is 6.54 Å². The molecule has 0 bridgehead atoms. The summed E-state index contributed by atoms with van der Waals surface area (Å²) in [5.74, 6) is 0.833. The smallest absolute Gasteiger partial charge is 0.254 e. The number of rotatable bonds is 4.